The van der Waals surface area contributed by atoms with E-state index in [1.54, 1.807) is 0 Å². The van der Waals surface area contributed by atoms with Crippen LogP contribution < -0.4 is 10.1 Å². The number of rotatable bonds is 4. The molecule has 4 rings (SSSR count). The number of carbonyl (C=O) groups is 1. The summed E-state index contributed by atoms with van der Waals surface area (Å²) in [5, 5.41) is 3.16. The molecule has 142 valence electrons. The van der Waals surface area contributed by atoms with Gasteiger partial charge in [-0.05, 0) is 29.7 Å². The van der Waals surface area contributed by atoms with Gasteiger partial charge in [-0.15, -0.1) is 0 Å². The maximum atomic E-state index is 11.9. The second-order valence-corrected chi connectivity index (χ2v) is 7.11. The van der Waals surface area contributed by atoms with Gasteiger partial charge in [-0.1, -0.05) is 72.3 Å². The molecule has 0 saturated carbocycles. The first-order valence-corrected chi connectivity index (χ1v) is 9.51. The van der Waals surface area contributed by atoms with E-state index in [1.165, 1.54) is 7.05 Å². The van der Waals surface area contributed by atoms with Gasteiger partial charge >= 0.3 is 6.09 Å². The third-order valence-electron chi connectivity index (χ3n) is 4.87. The number of hydrogen-bond donors (Lipinski definition) is 1. The molecule has 0 saturated heterocycles. The zero-order valence-corrected chi connectivity index (χ0v) is 16.1. The summed E-state index contributed by atoms with van der Waals surface area (Å²) in [7, 11) is 1.54. The van der Waals surface area contributed by atoms with Crippen LogP contribution in [0.15, 0.2) is 72.8 Å². The molecule has 0 spiro atoms. The van der Waals surface area contributed by atoms with Gasteiger partial charge in [0.15, 0.2) is 0 Å². The van der Waals surface area contributed by atoms with E-state index in [9.17, 15) is 4.79 Å². The molecule has 2 atom stereocenters. The van der Waals surface area contributed by atoms with Crippen molar-refractivity contribution in [1.82, 2.24) is 5.32 Å². The van der Waals surface area contributed by atoms with Gasteiger partial charge in [0.1, 0.15) is 5.75 Å². The van der Waals surface area contributed by atoms with Crippen molar-refractivity contribution in [2.45, 2.75) is 18.6 Å². The highest BCUT2D eigenvalue weighted by molar-refractivity contribution is 6.30. The van der Waals surface area contributed by atoms with Crippen LogP contribution in [0.5, 0.6) is 5.75 Å². The average Bonchev–Trinajstić information content (AvgIpc) is 3.05. The quantitative estimate of drug-likeness (QED) is 0.644. The van der Waals surface area contributed by atoms with Crippen molar-refractivity contribution in [1.29, 1.82) is 0 Å². The van der Waals surface area contributed by atoms with Crippen molar-refractivity contribution in [2.24, 2.45) is 0 Å². The van der Waals surface area contributed by atoms with Crippen LogP contribution in [-0.4, -0.2) is 19.4 Å². The van der Waals surface area contributed by atoms with Gasteiger partial charge in [0.2, 0.25) is 0 Å². The number of benzene rings is 3. The molecule has 1 amide bonds. The summed E-state index contributed by atoms with van der Waals surface area (Å²) in [5.41, 5.74) is 4.07. The number of halogens is 1. The number of para-hydroxylation sites is 1. The number of amides is 1. The van der Waals surface area contributed by atoms with Gasteiger partial charge in [0.05, 0.1) is 5.92 Å². The van der Waals surface area contributed by atoms with Gasteiger partial charge < -0.3 is 14.8 Å². The van der Waals surface area contributed by atoms with Crippen LogP contribution in [0, 0.1) is 0 Å². The Labute approximate surface area is 169 Å². The first-order chi connectivity index (χ1) is 13.7. The van der Waals surface area contributed by atoms with Gasteiger partial charge in [-0.2, -0.15) is 0 Å². The molecule has 4 nitrogen and oxygen atoms in total. The van der Waals surface area contributed by atoms with Crippen molar-refractivity contribution >= 4 is 17.7 Å². The first kappa shape index (κ1) is 18.4. The number of nitrogens with one attached hydrogen (secondary N) is 1. The molecule has 1 heterocycles. The number of carbonyl (C=O) groups excluding carboxylic acids is 1. The summed E-state index contributed by atoms with van der Waals surface area (Å²) < 4.78 is 11.7. The fourth-order valence-corrected chi connectivity index (χ4v) is 3.74. The molecule has 0 radical (unpaired) electrons. The number of ether oxygens (including phenoxy) is 2. The molecule has 5 heteroatoms. The molecule has 1 aliphatic rings. The highest BCUT2D eigenvalue weighted by Crippen LogP contribution is 2.46. The Hall–Kier alpha value is -2.98. The molecule has 1 N–H and O–H groups in total. The van der Waals surface area contributed by atoms with Crippen molar-refractivity contribution in [3.63, 3.8) is 0 Å². The monoisotopic (exact) mass is 393 g/mol. The van der Waals surface area contributed by atoms with E-state index >= 15 is 0 Å². The molecule has 0 aromatic heterocycles. The minimum atomic E-state index is -0.699. The average molecular weight is 394 g/mol. The zero-order chi connectivity index (χ0) is 19.5. The van der Waals surface area contributed by atoms with E-state index in [-0.39, 0.29) is 5.92 Å². The van der Waals surface area contributed by atoms with Gasteiger partial charge in [-0.3, -0.25) is 0 Å². The second kappa shape index (κ2) is 7.95. The summed E-state index contributed by atoms with van der Waals surface area (Å²) in [5.74, 6) is 0.633. The highest BCUT2D eigenvalue weighted by atomic mass is 35.5. The Bertz CT molecular complexity index is 990. The van der Waals surface area contributed by atoms with Crippen molar-refractivity contribution in [3.05, 3.63) is 88.9 Å². The molecule has 0 aliphatic carbocycles. The van der Waals surface area contributed by atoms with Crippen LogP contribution in [-0.2, 0) is 11.2 Å². The Balaban J connectivity index is 1.74. The van der Waals surface area contributed by atoms with E-state index < -0.39 is 12.4 Å². The maximum absolute atomic E-state index is 11.9. The van der Waals surface area contributed by atoms with Crippen LogP contribution >= 0.6 is 11.6 Å². The van der Waals surface area contributed by atoms with E-state index in [0.717, 1.165) is 28.0 Å². The fraction of sp³-hybridized carbons (Fsp3) is 0.174. The van der Waals surface area contributed by atoms with E-state index in [4.69, 9.17) is 21.1 Å². The molecule has 1 aliphatic heterocycles. The van der Waals surface area contributed by atoms with Crippen LogP contribution in [0.2, 0.25) is 5.02 Å². The fourth-order valence-electron chi connectivity index (χ4n) is 3.55. The maximum Gasteiger partial charge on any atom is 0.409 e. The van der Waals surface area contributed by atoms with Crippen LogP contribution in [0.3, 0.4) is 0 Å². The standard InChI is InChI=1S/C23H20ClNO3/c1-25-23(26)28-22-20(13-15-7-3-2-4-8-15)19-12-6-11-18(21(19)27-22)16-9-5-10-17(24)14-16/h2-12,14,20,22H,13H2,1H3,(H,25,26). The van der Waals surface area contributed by atoms with Crippen molar-refractivity contribution in [3.8, 4) is 16.9 Å². The third kappa shape index (κ3) is 3.69. The second-order valence-electron chi connectivity index (χ2n) is 6.67. The highest BCUT2D eigenvalue weighted by Gasteiger charge is 2.38. The van der Waals surface area contributed by atoms with Gasteiger partial charge in [0.25, 0.3) is 6.29 Å². The third-order valence-corrected chi connectivity index (χ3v) is 5.10. The summed E-state index contributed by atoms with van der Waals surface area (Å²) in [6.45, 7) is 0. The molecular weight excluding hydrogens is 374 g/mol. The molecular formula is C23H20ClNO3. The lowest BCUT2D eigenvalue weighted by Crippen LogP contribution is -2.31. The first-order valence-electron chi connectivity index (χ1n) is 9.13. The Kier molecular flexibility index (Phi) is 5.22. The summed E-state index contributed by atoms with van der Waals surface area (Å²) in [6.07, 6.45) is -0.509. The summed E-state index contributed by atoms with van der Waals surface area (Å²) in [4.78, 5) is 11.9. The van der Waals surface area contributed by atoms with Gasteiger partial charge in [0, 0.05) is 23.2 Å². The minimum absolute atomic E-state index is 0.103. The molecule has 3 aromatic rings. The Morgan fingerprint density at radius 1 is 1.07 bits per heavy atom. The summed E-state index contributed by atoms with van der Waals surface area (Å²) >= 11 is 6.18. The lowest BCUT2D eigenvalue weighted by molar-refractivity contribution is -0.0323. The number of alkyl carbamates (subject to hydrolysis) is 1. The molecule has 2 unspecified atom stereocenters. The Morgan fingerprint density at radius 3 is 2.61 bits per heavy atom. The normalized spacial score (nSPS) is 17.5. The number of fused-ring (bicyclic) bond motifs is 1. The zero-order valence-electron chi connectivity index (χ0n) is 15.4. The van der Waals surface area contributed by atoms with E-state index in [2.05, 4.69) is 17.4 Å². The van der Waals surface area contributed by atoms with Crippen LogP contribution in [0.4, 0.5) is 4.79 Å². The molecule has 0 fully saturated rings. The number of hydrogen-bond acceptors (Lipinski definition) is 3. The molecule has 0 bridgehead atoms. The smallest absolute Gasteiger partial charge is 0.409 e. The largest absolute Gasteiger partial charge is 0.453 e. The molecule has 28 heavy (non-hydrogen) atoms. The minimum Gasteiger partial charge on any atom is -0.453 e. The van der Waals surface area contributed by atoms with Crippen LogP contribution in [0.25, 0.3) is 11.1 Å². The predicted molar refractivity (Wildman–Crippen MR) is 110 cm³/mol. The van der Waals surface area contributed by atoms with Crippen LogP contribution in [0.1, 0.15) is 17.0 Å². The van der Waals surface area contributed by atoms with E-state index in [1.807, 2.05) is 60.7 Å². The van der Waals surface area contributed by atoms with Crippen molar-refractivity contribution in [2.75, 3.05) is 7.05 Å². The van der Waals surface area contributed by atoms with E-state index in [0.29, 0.717) is 11.4 Å². The summed E-state index contributed by atoms with van der Waals surface area (Å²) in [6, 6.07) is 23.8. The molecule has 3 aromatic carbocycles. The lowest BCUT2D eigenvalue weighted by Gasteiger charge is -2.19. The predicted octanol–water partition coefficient (Wildman–Crippen LogP) is 5.41. The van der Waals surface area contributed by atoms with Gasteiger partial charge in [-0.25, -0.2) is 4.79 Å². The lowest BCUT2D eigenvalue weighted by atomic mass is 9.90. The SMILES string of the molecule is CNC(=O)OC1Oc2c(-c3cccc(Cl)c3)cccc2C1Cc1ccccc1. The Morgan fingerprint density at radius 2 is 1.86 bits per heavy atom. The van der Waals surface area contributed by atoms with Crippen molar-refractivity contribution < 1.29 is 14.3 Å². The topological polar surface area (TPSA) is 47.6 Å².